The monoisotopic (exact) mass is 274 g/mol. The summed E-state index contributed by atoms with van der Waals surface area (Å²) in [5, 5.41) is 3.63. The topological polar surface area (TPSA) is 15.3 Å². The van der Waals surface area contributed by atoms with Gasteiger partial charge in [-0.1, -0.05) is 44.5 Å². The van der Waals surface area contributed by atoms with Crippen LogP contribution >= 0.6 is 0 Å². The third-order valence-electron chi connectivity index (χ3n) is 4.31. The van der Waals surface area contributed by atoms with Gasteiger partial charge in [0, 0.05) is 19.1 Å². The minimum atomic E-state index is 0.710. The predicted octanol–water partition coefficient (Wildman–Crippen LogP) is 3.60. The molecule has 0 aromatic heterocycles. The van der Waals surface area contributed by atoms with Gasteiger partial charge in [0.2, 0.25) is 0 Å². The largest absolute Gasteiger partial charge is 0.313 e. The first-order chi connectivity index (χ1) is 9.81. The number of benzene rings is 1. The zero-order valence-electron chi connectivity index (χ0n) is 13.2. The van der Waals surface area contributed by atoms with E-state index < -0.39 is 0 Å². The van der Waals surface area contributed by atoms with Gasteiger partial charge < -0.3 is 5.32 Å². The molecule has 1 fully saturated rings. The molecule has 2 nitrogen and oxygen atoms in total. The first-order valence-corrected chi connectivity index (χ1v) is 8.35. The first kappa shape index (κ1) is 15.5. The first-order valence-electron chi connectivity index (χ1n) is 8.35. The van der Waals surface area contributed by atoms with E-state index in [1.165, 1.54) is 56.4 Å². The van der Waals surface area contributed by atoms with Crippen LogP contribution in [-0.4, -0.2) is 30.6 Å². The summed E-state index contributed by atoms with van der Waals surface area (Å²) in [4.78, 5) is 2.63. The fourth-order valence-electron chi connectivity index (χ4n) is 2.98. The number of rotatable bonds is 8. The second-order valence-corrected chi connectivity index (χ2v) is 6.05. The molecule has 1 saturated heterocycles. The van der Waals surface area contributed by atoms with E-state index in [0.29, 0.717) is 6.04 Å². The van der Waals surface area contributed by atoms with Crippen molar-refractivity contribution < 1.29 is 0 Å². The maximum atomic E-state index is 3.63. The highest BCUT2D eigenvalue weighted by Crippen LogP contribution is 2.12. The zero-order chi connectivity index (χ0) is 14.2. The Labute approximate surface area is 124 Å². The standard InChI is InChI=1S/C18H30N2/c1-3-5-13-20(15-18-7-6-12-19-18)14-17-10-8-16(4-2)9-11-17/h8-11,18-19H,3-7,12-15H2,1-2H3. The van der Waals surface area contributed by atoms with E-state index in [-0.39, 0.29) is 0 Å². The van der Waals surface area contributed by atoms with Crippen LogP contribution in [0.4, 0.5) is 0 Å². The summed E-state index contributed by atoms with van der Waals surface area (Å²) in [6.07, 6.45) is 6.41. The van der Waals surface area contributed by atoms with Crippen LogP contribution in [0.3, 0.4) is 0 Å². The molecule has 0 amide bonds. The molecule has 1 N–H and O–H groups in total. The molecule has 20 heavy (non-hydrogen) atoms. The SMILES string of the molecule is CCCCN(Cc1ccc(CC)cc1)CC1CCCN1. The molecular weight excluding hydrogens is 244 g/mol. The lowest BCUT2D eigenvalue weighted by molar-refractivity contribution is 0.237. The van der Waals surface area contributed by atoms with Gasteiger partial charge in [0.25, 0.3) is 0 Å². The maximum Gasteiger partial charge on any atom is 0.0234 e. The average Bonchev–Trinajstić information content (AvgIpc) is 2.98. The number of nitrogens with zero attached hydrogens (tertiary/aromatic N) is 1. The molecule has 1 aliphatic rings. The van der Waals surface area contributed by atoms with Crippen molar-refractivity contribution in [3.63, 3.8) is 0 Å². The van der Waals surface area contributed by atoms with Crippen LogP contribution in [0.1, 0.15) is 50.7 Å². The highest BCUT2D eigenvalue weighted by molar-refractivity contribution is 5.22. The minimum absolute atomic E-state index is 0.710. The third kappa shape index (κ3) is 4.92. The van der Waals surface area contributed by atoms with E-state index in [4.69, 9.17) is 0 Å². The van der Waals surface area contributed by atoms with Crippen molar-refractivity contribution in [1.82, 2.24) is 10.2 Å². The highest BCUT2D eigenvalue weighted by atomic mass is 15.1. The summed E-state index contributed by atoms with van der Waals surface area (Å²) in [5.74, 6) is 0. The third-order valence-corrected chi connectivity index (χ3v) is 4.31. The van der Waals surface area contributed by atoms with Gasteiger partial charge in [-0.05, 0) is 49.9 Å². The van der Waals surface area contributed by atoms with Crippen molar-refractivity contribution >= 4 is 0 Å². The Hall–Kier alpha value is -0.860. The maximum absolute atomic E-state index is 3.63. The van der Waals surface area contributed by atoms with Crippen LogP contribution in [0, 0.1) is 0 Å². The quantitative estimate of drug-likeness (QED) is 0.779. The fourth-order valence-corrected chi connectivity index (χ4v) is 2.98. The molecule has 1 aromatic carbocycles. The van der Waals surface area contributed by atoms with Gasteiger partial charge in [0.05, 0.1) is 0 Å². The van der Waals surface area contributed by atoms with Crippen LogP contribution in [0.2, 0.25) is 0 Å². The van der Waals surface area contributed by atoms with E-state index in [1.807, 2.05) is 0 Å². The Morgan fingerprint density at radius 2 is 1.90 bits per heavy atom. The number of aryl methyl sites for hydroxylation is 1. The van der Waals surface area contributed by atoms with Crippen molar-refractivity contribution in [3.8, 4) is 0 Å². The molecule has 1 unspecified atom stereocenters. The Morgan fingerprint density at radius 1 is 1.15 bits per heavy atom. The normalized spacial score (nSPS) is 18.9. The Balaban J connectivity index is 1.90. The van der Waals surface area contributed by atoms with Crippen LogP contribution in [0.25, 0.3) is 0 Å². The molecule has 1 aromatic rings. The van der Waals surface area contributed by atoms with Crippen molar-refractivity contribution in [1.29, 1.82) is 0 Å². The molecule has 2 rings (SSSR count). The summed E-state index contributed by atoms with van der Waals surface area (Å²) >= 11 is 0. The molecule has 0 bridgehead atoms. The van der Waals surface area contributed by atoms with Gasteiger partial charge >= 0.3 is 0 Å². The molecule has 0 aliphatic carbocycles. The molecule has 1 heterocycles. The zero-order valence-corrected chi connectivity index (χ0v) is 13.2. The van der Waals surface area contributed by atoms with E-state index in [1.54, 1.807) is 0 Å². The van der Waals surface area contributed by atoms with Crippen molar-refractivity contribution in [2.75, 3.05) is 19.6 Å². The number of unbranched alkanes of at least 4 members (excludes halogenated alkanes) is 1. The van der Waals surface area contributed by atoms with E-state index in [9.17, 15) is 0 Å². The van der Waals surface area contributed by atoms with Crippen molar-refractivity contribution in [2.45, 2.75) is 58.5 Å². The van der Waals surface area contributed by atoms with E-state index >= 15 is 0 Å². The average molecular weight is 274 g/mol. The van der Waals surface area contributed by atoms with Crippen LogP contribution < -0.4 is 5.32 Å². The lowest BCUT2D eigenvalue weighted by Crippen LogP contribution is -2.37. The van der Waals surface area contributed by atoms with Gasteiger partial charge in [-0.15, -0.1) is 0 Å². The molecule has 0 saturated carbocycles. The summed E-state index contributed by atoms with van der Waals surface area (Å²) in [6, 6.07) is 9.88. The molecule has 0 radical (unpaired) electrons. The Bertz CT molecular complexity index is 366. The van der Waals surface area contributed by atoms with Crippen LogP contribution in [0.15, 0.2) is 24.3 Å². The van der Waals surface area contributed by atoms with Crippen molar-refractivity contribution in [3.05, 3.63) is 35.4 Å². The molecule has 1 atom stereocenters. The number of nitrogens with one attached hydrogen (secondary N) is 1. The van der Waals surface area contributed by atoms with Crippen LogP contribution in [0.5, 0.6) is 0 Å². The summed E-state index contributed by atoms with van der Waals surface area (Å²) in [7, 11) is 0. The molecule has 0 spiro atoms. The second kappa shape index (κ2) is 8.43. The smallest absolute Gasteiger partial charge is 0.0234 e. The van der Waals surface area contributed by atoms with E-state index in [2.05, 4.69) is 48.3 Å². The fraction of sp³-hybridized carbons (Fsp3) is 0.667. The number of hydrogen-bond acceptors (Lipinski definition) is 2. The molecule has 112 valence electrons. The van der Waals surface area contributed by atoms with Gasteiger partial charge in [0.1, 0.15) is 0 Å². The van der Waals surface area contributed by atoms with Gasteiger partial charge in [0.15, 0.2) is 0 Å². The van der Waals surface area contributed by atoms with Gasteiger partial charge in [-0.25, -0.2) is 0 Å². The predicted molar refractivity (Wildman–Crippen MR) is 87.0 cm³/mol. The lowest BCUT2D eigenvalue weighted by Gasteiger charge is -2.25. The van der Waals surface area contributed by atoms with Gasteiger partial charge in [-0.3, -0.25) is 4.90 Å². The Morgan fingerprint density at radius 3 is 2.50 bits per heavy atom. The lowest BCUT2D eigenvalue weighted by atomic mass is 10.1. The minimum Gasteiger partial charge on any atom is -0.313 e. The highest BCUT2D eigenvalue weighted by Gasteiger charge is 2.17. The number of hydrogen-bond donors (Lipinski definition) is 1. The van der Waals surface area contributed by atoms with E-state index in [0.717, 1.165) is 13.0 Å². The summed E-state index contributed by atoms with van der Waals surface area (Å²) in [6.45, 7) is 9.23. The summed E-state index contributed by atoms with van der Waals surface area (Å²) in [5.41, 5.74) is 2.89. The molecule has 1 aliphatic heterocycles. The summed E-state index contributed by atoms with van der Waals surface area (Å²) < 4.78 is 0. The molecular formula is C18H30N2. The second-order valence-electron chi connectivity index (χ2n) is 6.05. The Kier molecular flexibility index (Phi) is 6.55. The van der Waals surface area contributed by atoms with Crippen molar-refractivity contribution in [2.24, 2.45) is 0 Å². The molecule has 2 heteroatoms. The van der Waals surface area contributed by atoms with Gasteiger partial charge in [-0.2, -0.15) is 0 Å². The van der Waals surface area contributed by atoms with Crippen LogP contribution in [-0.2, 0) is 13.0 Å².